The third-order valence-corrected chi connectivity index (χ3v) is 3.47. The molecule has 0 bridgehead atoms. The normalized spacial score (nSPS) is 16.8. The minimum absolute atomic E-state index is 0. The van der Waals surface area contributed by atoms with Crippen LogP contribution in [0.15, 0.2) is 29.3 Å². The van der Waals surface area contributed by atoms with Crippen molar-refractivity contribution in [3.8, 4) is 0 Å². The van der Waals surface area contributed by atoms with Gasteiger partial charge in [-0.15, -0.1) is 24.0 Å². The van der Waals surface area contributed by atoms with Crippen molar-refractivity contribution in [2.24, 2.45) is 10.7 Å². The highest BCUT2D eigenvalue weighted by Gasteiger charge is 2.13. The molecule has 0 amide bonds. The molecule has 1 fully saturated rings. The number of rotatable bonds is 3. The van der Waals surface area contributed by atoms with E-state index in [0.717, 1.165) is 0 Å². The van der Waals surface area contributed by atoms with Gasteiger partial charge >= 0.3 is 0 Å². The Morgan fingerprint density at radius 2 is 2.05 bits per heavy atom. The zero-order chi connectivity index (χ0) is 12.8. The molecule has 3 N–H and O–H groups in total. The second-order valence-electron chi connectivity index (χ2n) is 5.17. The van der Waals surface area contributed by atoms with E-state index in [1.807, 2.05) is 0 Å². The van der Waals surface area contributed by atoms with Crippen molar-refractivity contribution in [1.82, 2.24) is 5.32 Å². The fraction of sp³-hybridized carbons (Fsp3) is 0.533. The summed E-state index contributed by atoms with van der Waals surface area (Å²) in [7, 11) is 0. The topological polar surface area (TPSA) is 50.4 Å². The monoisotopic (exact) mass is 373 g/mol. The zero-order valence-electron chi connectivity index (χ0n) is 11.6. The van der Waals surface area contributed by atoms with E-state index in [1.54, 1.807) is 0 Å². The quantitative estimate of drug-likeness (QED) is 0.485. The Bertz CT molecular complexity index is 412. The molecule has 1 aliphatic carbocycles. The molecular formula is C15H24IN3. The maximum absolute atomic E-state index is 5.93. The van der Waals surface area contributed by atoms with Gasteiger partial charge in [0.1, 0.15) is 0 Å². The van der Waals surface area contributed by atoms with Gasteiger partial charge in [0.25, 0.3) is 0 Å². The van der Waals surface area contributed by atoms with Crippen LogP contribution in [0.1, 0.15) is 43.2 Å². The highest BCUT2D eigenvalue weighted by atomic mass is 127. The molecule has 0 saturated heterocycles. The summed E-state index contributed by atoms with van der Waals surface area (Å²) in [4.78, 5) is 4.41. The third kappa shape index (κ3) is 5.80. The van der Waals surface area contributed by atoms with Gasteiger partial charge in [-0.1, -0.05) is 49.1 Å². The Hall–Kier alpha value is -0.780. The van der Waals surface area contributed by atoms with E-state index in [-0.39, 0.29) is 24.0 Å². The summed E-state index contributed by atoms with van der Waals surface area (Å²) in [6.07, 6.45) is 6.42. The van der Waals surface area contributed by atoms with Gasteiger partial charge in [0, 0.05) is 6.04 Å². The number of aryl methyl sites for hydroxylation is 1. The van der Waals surface area contributed by atoms with Crippen LogP contribution in [0.3, 0.4) is 0 Å². The number of nitrogens with zero attached hydrogens (tertiary/aromatic N) is 1. The lowest BCUT2D eigenvalue weighted by molar-refractivity contribution is 0.412. The van der Waals surface area contributed by atoms with Gasteiger partial charge in [-0.05, 0) is 25.3 Å². The van der Waals surface area contributed by atoms with Gasteiger partial charge in [-0.3, -0.25) is 0 Å². The Balaban J connectivity index is 0.00000180. The van der Waals surface area contributed by atoms with Crippen LogP contribution in [0, 0.1) is 6.92 Å². The van der Waals surface area contributed by atoms with Gasteiger partial charge in [0.15, 0.2) is 5.96 Å². The molecule has 0 spiro atoms. The summed E-state index contributed by atoms with van der Waals surface area (Å²) in [5, 5.41) is 3.33. The second-order valence-corrected chi connectivity index (χ2v) is 5.17. The molecule has 106 valence electrons. The van der Waals surface area contributed by atoms with E-state index in [4.69, 9.17) is 5.73 Å². The number of nitrogens with one attached hydrogen (secondary N) is 1. The lowest BCUT2D eigenvalue weighted by Crippen LogP contribution is -2.41. The lowest BCUT2D eigenvalue weighted by atomic mass is 9.96. The summed E-state index contributed by atoms with van der Waals surface area (Å²) >= 11 is 0. The first-order chi connectivity index (χ1) is 8.74. The predicted molar refractivity (Wildman–Crippen MR) is 91.9 cm³/mol. The highest BCUT2D eigenvalue weighted by Crippen LogP contribution is 2.17. The molecule has 0 aromatic heterocycles. The van der Waals surface area contributed by atoms with E-state index in [1.165, 1.54) is 43.2 Å². The average Bonchev–Trinajstić information content (AvgIpc) is 2.38. The standard InChI is InChI=1S/C15H23N3.HI/c1-12-6-5-7-13(10-12)11-17-15(16)18-14-8-3-2-4-9-14;/h5-7,10,14H,2-4,8-9,11H2,1H3,(H3,16,17,18);1H. The molecule has 0 radical (unpaired) electrons. The fourth-order valence-electron chi connectivity index (χ4n) is 2.49. The van der Waals surface area contributed by atoms with E-state index in [0.29, 0.717) is 18.5 Å². The molecule has 1 aromatic rings. The number of hydrogen-bond acceptors (Lipinski definition) is 1. The van der Waals surface area contributed by atoms with Crippen LogP contribution in [0.25, 0.3) is 0 Å². The van der Waals surface area contributed by atoms with Crippen molar-refractivity contribution in [3.05, 3.63) is 35.4 Å². The maximum atomic E-state index is 5.93. The molecule has 0 heterocycles. The van der Waals surface area contributed by atoms with Crippen molar-refractivity contribution >= 4 is 29.9 Å². The molecule has 1 aliphatic rings. The fourth-order valence-corrected chi connectivity index (χ4v) is 2.49. The van der Waals surface area contributed by atoms with Crippen molar-refractivity contribution < 1.29 is 0 Å². The van der Waals surface area contributed by atoms with E-state index >= 15 is 0 Å². The number of hydrogen-bond donors (Lipinski definition) is 2. The second kappa shape index (κ2) is 8.40. The third-order valence-electron chi connectivity index (χ3n) is 3.47. The summed E-state index contributed by atoms with van der Waals surface area (Å²) in [6, 6.07) is 8.92. The summed E-state index contributed by atoms with van der Waals surface area (Å²) in [5.41, 5.74) is 8.41. The molecule has 0 atom stereocenters. The van der Waals surface area contributed by atoms with Crippen LogP contribution in [0.4, 0.5) is 0 Å². The van der Waals surface area contributed by atoms with Gasteiger partial charge in [-0.2, -0.15) is 0 Å². The Labute approximate surface area is 133 Å². The highest BCUT2D eigenvalue weighted by molar-refractivity contribution is 14.0. The molecule has 19 heavy (non-hydrogen) atoms. The summed E-state index contributed by atoms with van der Waals surface area (Å²) in [5.74, 6) is 0.586. The first kappa shape index (κ1) is 16.3. The Morgan fingerprint density at radius 3 is 2.74 bits per heavy atom. The van der Waals surface area contributed by atoms with Crippen molar-refractivity contribution in [2.75, 3.05) is 0 Å². The van der Waals surface area contributed by atoms with Crippen molar-refractivity contribution in [3.63, 3.8) is 0 Å². The number of halogens is 1. The average molecular weight is 373 g/mol. The Morgan fingerprint density at radius 1 is 1.32 bits per heavy atom. The van der Waals surface area contributed by atoms with Gasteiger partial charge in [0.2, 0.25) is 0 Å². The number of benzene rings is 1. The van der Waals surface area contributed by atoms with Crippen LogP contribution >= 0.6 is 24.0 Å². The molecule has 0 unspecified atom stereocenters. The van der Waals surface area contributed by atoms with Crippen LogP contribution in [-0.4, -0.2) is 12.0 Å². The SMILES string of the molecule is Cc1cccc(CN=C(N)NC2CCCCC2)c1.I. The molecule has 1 saturated carbocycles. The van der Waals surface area contributed by atoms with Gasteiger partial charge < -0.3 is 11.1 Å². The molecule has 0 aliphatic heterocycles. The van der Waals surface area contributed by atoms with E-state index < -0.39 is 0 Å². The largest absolute Gasteiger partial charge is 0.370 e. The molecule has 3 nitrogen and oxygen atoms in total. The first-order valence-corrected chi connectivity index (χ1v) is 6.86. The number of aliphatic imine (C=N–C) groups is 1. The first-order valence-electron chi connectivity index (χ1n) is 6.86. The molecule has 1 aromatic carbocycles. The van der Waals surface area contributed by atoms with Crippen LogP contribution < -0.4 is 11.1 Å². The molecule has 2 rings (SSSR count). The molecule has 4 heteroatoms. The number of nitrogens with two attached hydrogens (primary N) is 1. The summed E-state index contributed by atoms with van der Waals surface area (Å²) in [6.45, 7) is 2.75. The van der Waals surface area contributed by atoms with Crippen molar-refractivity contribution in [2.45, 2.75) is 51.6 Å². The predicted octanol–water partition coefficient (Wildman–Crippen LogP) is 3.35. The minimum atomic E-state index is 0. The summed E-state index contributed by atoms with van der Waals surface area (Å²) < 4.78 is 0. The van der Waals surface area contributed by atoms with Crippen molar-refractivity contribution in [1.29, 1.82) is 0 Å². The van der Waals surface area contributed by atoms with Gasteiger partial charge in [-0.25, -0.2) is 4.99 Å². The smallest absolute Gasteiger partial charge is 0.189 e. The van der Waals surface area contributed by atoms with Crippen LogP contribution in [-0.2, 0) is 6.54 Å². The Kier molecular flexibility index (Phi) is 7.20. The lowest BCUT2D eigenvalue weighted by Gasteiger charge is -2.23. The minimum Gasteiger partial charge on any atom is -0.370 e. The number of guanidine groups is 1. The zero-order valence-corrected chi connectivity index (χ0v) is 13.9. The maximum Gasteiger partial charge on any atom is 0.189 e. The molecular weight excluding hydrogens is 349 g/mol. The van der Waals surface area contributed by atoms with E-state index in [9.17, 15) is 0 Å². The van der Waals surface area contributed by atoms with Gasteiger partial charge in [0.05, 0.1) is 6.54 Å². The van der Waals surface area contributed by atoms with Crippen LogP contribution in [0.2, 0.25) is 0 Å². The van der Waals surface area contributed by atoms with Crippen LogP contribution in [0.5, 0.6) is 0 Å². The van der Waals surface area contributed by atoms with E-state index in [2.05, 4.69) is 41.5 Å².